The van der Waals surface area contributed by atoms with Gasteiger partial charge in [-0.15, -0.1) is 0 Å². The largest absolute Gasteiger partial charge is 0.437 e. The Kier molecular flexibility index (Phi) is 4.77. The van der Waals surface area contributed by atoms with Gasteiger partial charge in [-0.1, -0.05) is 36.4 Å². The summed E-state index contributed by atoms with van der Waals surface area (Å²) in [5, 5.41) is 1.97. The summed E-state index contributed by atoms with van der Waals surface area (Å²) in [6, 6.07) is 8.01. The van der Waals surface area contributed by atoms with Gasteiger partial charge in [-0.25, -0.2) is 4.98 Å². The number of aryl methyl sites for hydroxylation is 2. The van der Waals surface area contributed by atoms with Gasteiger partial charge in [0.15, 0.2) is 0 Å². The van der Waals surface area contributed by atoms with Crippen molar-refractivity contribution in [2.75, 3.05) is 7.05 Å². The maximum absolute atomic E-state index is 12.8. The van der Waals surface area contributed by atoms with Crippen LogP contribution < -0.4 is 0 Å². The molecule has 0 saturated carbocycles. The van der Waals surface area contributed by atoms with Crippen LogP contribution in [0.15, 0.2) is 70.2 Å². The number of fused-ring (bicyclic) bond motifs is 4. The SMILES string of the molecule is Cc1ccc2c(n1)oc1c(C3=CC=C4C(CCC(F)(F)F)=CC=CC4N3C)c(C)ccc12. The van der Waals surface area contributed by atoms with E-state index >= 15 is 0 Å². The van der Waals surface area contributed by atoms with Crippen LogP contribution in [-0.2, 0) is 0 Å². The van der Waals surface area contributed by atoms with E-state index in [2.05, 4.69) is 22.0 Å². The molecule has 1 aromatic carbocycles. The van der Waals surface area contributed by atoms with Crippen molar-refractivity contribution in [3.63, 3.8) is 0 Å². The topological polar surface area (TPSA) is 29.3 Å². The number of halogens is 3. The normalized spacial score (nSPS) is 18.6. The standard InChI is InChI=1S/C26H23F3N2O/c1-15-7-9-19-20-10-8-16(2)30-25(20)32-24(19)23(15)22-12-11-18-17(13-14-26(27,28)29)5-4-6-21(18)31(22)3/h4-12,21H,13-14H2,1-3H3. The van der Waals surface area contributed by atoms with E-state index in [4.69, 9.17) is 4.42 Å². The van der Waals surface area contributed by atoms with Gasteiger partial charge in [-0.05, 0) is 55.2 Å². The lowest BCUT2D eigenvalue weighted by Gasteiger charge is -2.37. The Morgan fingerprint density at radius 3 is 2.59 bits per heavy atom. The molecule has 2 aromatic heterocycles. The zero-order chi connectivity index (χ0) is 22.6. The number of hydrogen-bond donors (Lipinski definition) is 0. The Balaban J connectivity index is 1.61. The maximum atomic E-state index is 12.8. The van der Waals surface area contributed by atoms with Gasteiger partial charge in [0.1, 0.15) is 5.58 Å². The number of likely N-dealkylation sites (N-methyl/N-ethyl adjacent to an activating group) is 1. The van der Waals surface area contributed by atoms with Gasteiger partial charge in [0.05, 0.1) is 6.04 Å². The van der Waals surface area contributed by atoms with E-state index in [-0.39, 0.29) is 12.5 Å². The number of furan rings is 1. The van der Waals surface area contributed by atoms with Gasteiger partial charge < -0.3 is 9.32 Å². The van der Waals surface area contributed by atoms with Crippen LogP contribution in [0.5, 0.6) is 0 Å². The molecule has 0 amide bonds. The summed E-state index contributed by atoms with van der Waals surface area (Å²) in [4.78, 5) is 6.65. The number of nitrogens with zero attached hydrogens (tertiary/aromatic N) is 2. The van der Waals surface area contributed by atoms with Crippen LogP contribution in [0.1, 0.15) is 29.7 Å². The van der Waals surface area contributed by atoms with Gasteiger partial charge in [0.25, 0.3) is 0 Å². The van der Waals surface area contributed by atoms with Crippen molar-refractivity contribution < 1.29 is 17.6 Å². The molecular weight excluding hydrogens is 413 g/mol. The molecule has 0 N–H and O–H groups in total. The first-order valence-electron chi connectivity index (χ1n) is 10.6. The number of alkyl halides is 3. The summed E-state index contributed by atoms with van der Waals surface area (Å²) in [6.45, 7) is 3.97. The molecule has 0 radical (unpaired) electrons. The third-order valence-electron chi connectivity index (χ3n) is 6.29. The van der Waals surface area contributed by atoms with Crippen molar-refractivity contribution in [2.24, 2.45) is 0 Å². The molecule has 164 valence electrons. The lowest BCUT2D eigenvalue weighted by Crippen LogP contribution is -2.34. The molecule has 1 aliphatic carbocycles. The minimum Gasteiger partial charge on any atom is -0.437 e. The van der Waals surface area contributed by atoms with Crippen LogP contribution >= 0.6 is 0 Å². The number of hydrogen-bond acceptors (Lipinski definition) is 3. The molecule has 3 aromatic rings. The highest BCUT2D eigenvalue weighted by Crippen LogP contribution is 2.41. The smallest absolute Gasteiger partial charge is 0.389 e. The van der Waals surface area contributed by atoms with Crippen molar-refractivity contribution in [1.29, 1.82) is 0 Å². The molecule has 1 atom stereocenters. The van der Waals surface area contributed by atoms with Gasteiger partial charge in [0.2, 0.25) is 5.71 Å². The van der Waals surface area contributed by atoms with Crippen molar-refractivity contribution in [2.45, 2.75) is 38.9 Å². The Bertz CT molecular complexity index is 1350. The highest BCUT2D eigenvalue weighted by molar-refractivity contribution is 6.07. The first-order chi connectivity index (χ1) is 15.2. The molecule has 0 bridgehead atoms. The number of allylic oxidation sites excluding steroid dienone is 4. The lowest BCUT2D eigenvalue weighted by atomic mass is 9.86. The second-order valence-electron chi connectivity index (χ2n) is 8.46. The van der Waals surface area contributed by atoms with E-state index in [1.807, 2.05) is 57.3 Å². The average molecular weight is 436 g/mol. The van der Waals surface area contributed by atoms with E-state index < -0.39 is 12.6 Å². The highest BCUT2D eigenvalue weighted by Gasteiger charge is 2.32. The number of rotatable bonds is 3. The molecule has 5 rings (SSSR count). The zero-order valence-electron chi connectivity index (χ0n) is 18.1. The third-order valence-corrected chi connectivity index (χ3v) is 6.29. The van der Waals surface area contributed by atoms with E-state index in [1.165, 1.54) is 0 Å². The first-order valence-corrected chi connectivity index (χ1v) is 10.6. The summed E-state index contributed by atoms with van der Waals surface area (Å²) in [7, 11) is 1.98. The van der Waals surface area contributed by atoms with Gasteiger partial charge >= 0.3 is 6.18 Å². The molecule has 1 unspecified atom stereocenters. The van der Waals surface area contributed by atoms with Gasteiger partial charge in [-0.3, -0.25) is 0 Å². The summed E-state index contributed by atoms with van der Waals surface area (Å²) < 4.78 is 44.6. The van der Waals surface area contributed by atoms with Crippen LogP contribution in [0.4, 0.5) is 13.2 Å². The van der Waals surface area contributed by atoms with Crippen molar-refractivity contribution in [3.05, 3.63) is 82.6 Å². The quantitative estimate of drug-likeness (QED) is 0.442. The molecule has 6 heteroatoms. The Morgan fingerprint density at radius 1 is 1.03 bits per heavy atom. The fourth-order valence-corrected chi connectivity index (χ4v) is 4.64. The Morgan fingerprint density at radius 2 is 1.81 bits per heavy atom. The second kappa shape index (κ2) is 7.40. The summed E-state index contributed by atoms with van der Waals surface area (Å²) >= 11 is 0. The molecule has 3 heterocycles. The van der Waals surface area contributed by atoms with Crippen LogP contribution in [-0.4, -0.2) is 29.1 Å². The predicted octanol–water partition coefficient (Wildman–Crippen LogP) is 7.02. The zero-order valence-corrected chi connectivity index (χ0v) is 18.1. The van der Waals surface area contributed by atoms with Crippen molar-refractivity contribution >= 4 is 27.8 Å². The fraction of sp³-hybridized carbons (Fsp3) is 0.269. The molecule has 32 heavy (non-hydrogen) atoms. The molecule has 0 saturated heterocycles. The maximum Gasteiger partial charge on any atom is 0.389 e. The van der Waals surface area contributed by atoms with Gasteiger partial charge in [-0.2, -0.15) is 13.2 Å². The molecule has 0 spiro atoms. The lowest BCUT2D eigenvalue weighted by molar-refractivity contribution is -0.133. The third kappa shape index (κ3) is 3.44. The van der Waals surface area contributed by atoms with E-state index in [0.29, 0.717) is 5.71 Å². The Labute approximate surface area is 184 Å². The predicted molar refractivity (Wildman–Crippen MR) is 121 cm³/mol. The summed E-state index contributed by atoms with van der Waals surface area (Å²) in [5.74, 6) is 0. The monoisotopic (exact) mass is 436 g/mol. The van der Waals surface area contributed by atoms with E-state index in [9.17, 15) is 13.2 Å². The van der Waals surface area contributed by atoms with Crippen LogP contribution in [0.2, 0.25) is 0 Å². The number of aromatic nitrogens is 1. The first kappa shape index (κ1) is 20.6. The highest BCUT2D eigenvalue weighted by atomic mass is 19.4. The van der Waals surface area contributed by atoms with Crippen molar-refractivity contribution in [3.8, 4) is 0 Å². The van der Waals surface area contributed by atoms with Crippen LogP contribution in [0, 0.1) is 13.8 Å². The van der Waals surface area contributed by atoms with Gasteiger partial charge in [0, 0.05) is 41.2 Å². The average Bonchev–Trinajstić information content (AvgIpc) is 3.10. The van der Waals surface area contributed by atoms with E-state index in [1.54, 1.807) is 6.08 Å². The molecule has 1 aliphatic heterocycles. The fourth-order valence-electron chi connectivity index (χ4n) is 4.64. The molecule has 2 aliphatic rings. The number of pyridine rings is 1. The summed E-state index contributed by atoms with van der Waals surface area (Å²) in [5.41, 5.74) is 6.94. The number of benzene rings is 1. The van der Waals surface area contributed by atoms with Crippen molar-refractivity contribution in [1.82, 2.24) is 9.88 Å². The Hall–Kier alpha value is -3.28. The molecule has 3 nitrogen and oxygen atoms in total. The van der Waals surface area contributed by atoms with Crippen LogP contribution in [0.25, 0.3) is 27.8 Å². The molecular formula is C26H23F3N2O. The minimum absolute atomic E-state index is 0.0175. The minimum atomic E-state index is -4.17. The van der Waals surface area contributed by atoms with Crippen LogP contribution in [0.3, 0.4) is 0 Å². The second-order valence-corrected chi connectivity index (χ2v) is 8.46. The summed E-state index contributed by atoms with van der Waals surface area (Å²) in [6.07, 6.45) is 4.61. The molecule has 0 fully saturated rings. The van der Waals surface area contributed by atoms with E-state index in [0.717, 1.165) is 50.0 Å².